The number of benzene rings is 3. The van der Waals surface area contributed by atoms with Gasteiger partial charge in [-0.2, -0.15) is 0 Å². The van der Waals surface area contributed by atoms with Crippen LogP contribution in [0.3, 0.4) is 0 Å². The summed E-state index contributed by atoms with van der Waals surface area (Å²) in [4.78, 5) is 39.1. The van der Waals surface area contributed by atoms with Gasteiger partial charge in [-0.15, -0.1) is 0 Å². The van der Waals surface area contributed by atoms with Gasteiger partial charge in [-0.1, -0.05) is 24.3 Å². The second kappa shape index (κ2) is 10.4. The maximum absolute atomic E-state index is 14.1. The van der Waals surface area contributed by atoms with E-state index in [4.69, 9.17) is 0 Å². The standard InChI is InChI=1S/C26H24FN3O3/c1-17(31)19-10-12-20(13-11-19)28-26(33)24(16-18-8-14-21(15-9-18)30(2)3)29-25(32)22-6-4-5-7-23(22)27/h4-16H,1-3H3,(H,28,33)(H,29,32)/b24-16-. The molecule has 0 unspecified atom stereocenters. The van der Waals surface area contributed by atoms with Crippen LogP contribution in [0.1, 0.15) is 33.2 Å². The van der Waals surface area contributed by atoms with Gasteiger partial charge in [-0.3, -0.25) is 14.4 Å². The third-order valence-electron chi connectivity index (χ3n) is 4.88. The van der Waals surface area contributed by atoms with Gasteiger partial charge in [0.25, 0.3) is 11.8 Å². The summed E-state index contributed by atoms with van der Waals surface area (Å²) in [6, 6.07) is 19.3. The van der Waals surface area contributed by atoms with Gasteiger partial charge in [-0.25, -0.2) is 4.39 Å². The van der Waals surface area contributed by atoms with Gasteiger partial charge in [0.2, 0.25) is 0 Å². The lowest BCUT2D eigenvalue weighted by Crippen LogP contribution is -2.31. The molecular weight excluding hydrogens is 421 g/mol. The van der Waals surface area contributed by atoms with E-state index in [9.17, 15) is 18.8 Å². The lowest BCUT2D eigenvalue weighted by atomic mass is 10.1. The van der Waals surface area contributed by atoms with E-state index in [2.05, 4.69) is 10.6 Å². The molecule has 0 fully saturated rings. The number of ketones is 1. The molecule has 2 amide bonds. The summed E-state index contributed by atoms with van der Waals surface area (Å²) in [6.07, 6.45) is 1.51. The van der Waals surface area contributed by atoms with Crippen molar-refractivity contribution >= 4 is 35.0 Å². The van der Waals surface area contributed by atoms with Crippen molar-refractivity contribution in [3.05, 3.63) is 101 Å². The number of carbonyl (C=O) groups is 3. The van der Waals surface area contributed by atoms with E-state index in [1.165, 1.54) is 37.3 Å². The van der Waals surface area contributed by atoms with Gasteiger partial charge < -0.3 is 15.5 Å². The molecule has 0 atom stereocenters. The quantitative estimate of drug-likeness (QED) is 0.415. The van der Waals surface area contributed by atoms with Crippen LogP contribution in [0, 0.1) is 5.82 Å². The van der Waals surface area contributed by atoms with Crippen molar-refractivity contribution in [2.75, 3.05) is 24.3 Å². The molecule has 0 aromatic heterocycles. The first kappa shape index (κ1) is 23.4. The van der Waals surface area contributed by atoms with Crippen molar-refractivity contribution in [3.63, 3.8) is 0 Å². The van der Waals surface area contributed by atoms with Crippen LogP contribution in [-0.2, 0) is 4.79 Å². The zero-order valence-electron chi connectivity index (χ0n) is 18.6. The Hall–Kier alpha value is -4.26. The number of nitrogens with one attached hydrogen (secondary N) is 2. The molecule has 0 saturated carbocycles. The number of carbonyl (C=O) groups excluding carboxylic acids is 3. The predicted molar refractivity (Wildman–Crippen MR) is 128 cm³/mol. The molecule has 0 radical (unpaired) electrons. The summed E-state index contributed by atoms with van der Waals surface area (Å²) >= 11 is 0. The highest BCUT2D eigenvalue weighted by molar-refractivity contribution is 6.10. The Morgan fingerprint density at radius 2 is 1.52 bits per heavy atom. The monoisotopic (exact) mass is 445 g/mol. The van der Waals surface area contributed by atoms with Crippen molar-refractivity contribution in [1.29, 1.82) is 0 Å². The molecule has 7 heteroatoms. The average molecular weight is 445 g/mol. The molecule has 0 aliphatic heterocycles. The lowest BCUT2D eigenvalue weighted by Gasteiger charge is -2.13. The molecule has 0 spiro atoms. The van der Waals surface area contributed by atoms with Crippen LogP contribution in [0.5, 0.6) is 0 Å². The van der Waals surface area contributed by atoms with Gasteiger partial charge in [-0.05, 0) is 67.1 Å². The number of amides is 2. The smallest absolute Gasteiger partial charge is 0.272 e. The second-order valence-electron chi connectivity index (χ2n) is 7.57. The van der Waals surface area contributed by atoms with Crippen LogP contribution in [0.4, 0.5) is 15.8 Å². The molecule has 0 heterocycles. The third-order valence-corrected chi connectivity index (χ3v) is 4.88. The minimum absolute atomic E-state index is 0.0588. The molecule has 33 heavy (non-hydrogen) atoms. The molecule has 168 valence electrons. The van der Waals surface area contributed by atoms with Crippen LogP contribution in [0.2, 0.25) is 0 Å². The fraction of sp³-hybridized carbons (Fsp3) is 0.115. The molecule has 0 bridgehead atoms. The van der Waals surface area contributed by atoms with Gasteiger partial charge in [0.05, 0.1) is 5.56 Å². The normalized spacial score (nSPS) is 11.0. The summed E-state index contributed by atoms with van der Waals surface area (Å²) in [5.41, 5.74) is 2.36. The largest absolute Gasteiger partial charge is 0.378 e. The summed E-state index contributed by atoms with van der Waals surface area (Å²) in [7, 11) is 3.82. The number of anilines is 2. The van der Waals surface area contributed by atoms with E-state index in [0.717, 1.165) is 5.69 Å². The fourth-order valence-corrected chi connectivity index (χ4v) is 3.02. The first-order valence-corrected chi connectivity index (χ1v) is 10.2. The number of halogens is 1. The van der Waals surface area contributed by atoms with Crippen LogP contribution < -0.4 is 15.5 Å². The summed E-state index contributed by atoms with van der Waals surface area (Å²) in [6.45, 7) is 1.45. The minimum Gasteiger partial charge on any atom is -0.378 e. The molecule has 0 aliphatic rings. The van der Waals surface area contributed by atoms with E-state index in [1.54, 1.807) is 36.4 Å². The zero-order valence-corrected chi connectivity index (χ0v) is 18.6. The molecule has 0 saturated heterocycles. The van der Waals surface area contributed by atoms with Crippen molar-refractivity contribution < 1.29 is 18.8 Å². The molecule has 0 aliphatic carbocycles. The second-order valence-corrected chi connectivity index (χ2v) is 7.57. The Labute approximate surface area is 191 Å². The van der Waals surface area contributed by atoms with Gasteiger partial charge >= 0.3 is 0 Å². The Morgan fingerprint density at radius 3 is 2.09 bits per heavy atom. The highest BCUT2D eigenvalue weighted by atomic mass is 19.1. The summed E-state index contributed by atoms with van der Waals surface area (Å²) in [5.74, 6) is -2.12. The van der Waals surface area contributed by atoms with Crippen LogP contribution >= 0.6 is 0 Å². The van der Waals surface area contributed by atoms with E-state index in [1.807, 2.05) is 31.1 Å². The van der Waals surface area contributed by atoms with Crippen molar-refractivity contribution in [1.82, 2.24) is 5.32 Å². The Kier molecular flexibility index (Phi) is 7.35. The maximum atomic E-state index is 14.1. The molecule has 2 N–H and O–H groups in total. The molecule has 3 aromatic rings. The number of hydrogen-bond donors (Lipinski definition) is 2. The van der Waals surface area contributed by atoms with Crippen molar-refractivity contribution in [2.45, 2.75) is 6.92 Å². The van der Waals surface area contributed by atoms with Crippen LogP contribution in [-0.4, -0.2) is 31.7 Å². The minimum atomic E-state index is -0.744. The number of hydrogen-bond acceptors (Lipinski definition) is 4. The van der Waals surface area contributed by atoms with Crippen LogP contribution in [0.15, 0.2) is 78.5 Å². The Morgan fingerprint density at radius 1 is 0.879 bits per heavy atom. The van der Waals surface area contributed by atoms with E-state index in [0.29, 0.717) is 16.8 Å². The first-order chi connectivity index (χ1) is 15.7. The van der Waals surface area contributed by atoms with Crippen LogP contribution in [0.25, 0.3) is 6.08 Å². The predicted octanol–water partition coefficient (Wildman–Crippen LogP) is 4.50. The average Bonchev–Trinajstić information content (AvgIpc) is 2.79. The number of rotatable bonds is 7. The van der Waals surface area contributed by atoms with E-state index < -0.39 is 17.6 Å². The van der Waals surface area contributed by atoms with Gasteiger partial charge in [0.1, 0.15) is 11.5 Å². The molecule has 3 aromatic carbocycles. The number of nitrogens with zero attached hydrogens (tertiary/aromatic N) is 1. The van der Waals surface area contributed by atoms with Gasteiger partial charge in [0, 0.05) is 31.0 Å². The van der Waals surface area contributed by atoms with E-state index in [-0.39, 0.29) is 17.0 Å². The fourth-order valence-electron chi connectivity index (χ4n) is 3.02. The third kappa shape index (κ3) is 6.13. The SMILES string of the molecule is CC(=O)c1ccc(NC(=O)/C(=C/c2ccc(N(C)C)cc2)NC(=O)c2ccccc2F)cc1. The van der Waals surface area contributed by atoms with Crippen molar-refractivity contribution in [2.24, 2.45) is 0 Å². The van der Waals surface area contributed by atoms with E-state index >= 15 is 0 Å². The highest BCUT2D eigenvalue weighted by Gasteiger charge is 2.17. The Bertz CT molecular complexity index is 1200. The summed E-state index contributed by atoms with van der Waals surface area (Å²) in [5, 5.41) is 5.21. The zero-order chi connectivity index (χ0) is 24.0. The van der Waals surface area contributed by atoms with Crippen molar-refractivity contribution in [3.8, 4) is 0 Å². The first-order valence-electron chi connectivity index (χ1n) is 10.2. The van der Waals surface area contributed by atoms with Gasteiger partial charge in [0.15, 0.2) is 5.78 Å². The summed E-state index contributed by atoms with van der Waals surface area (Å²) < 4.78 is 14.1. The molecular formula is C26H24FN3O3. The lowest BCUT2D eigenvalue weighted by molar-refractivity contribution is -0.113. The molecule has 3 rings (SSSR count). The highest BCUT2D eigenvalue weighted by Crippen LogP contribution is 2.16. The topological polar surface area (TPSA) is 78.5 Å². The maximum Gasteiger partial charge on any atom is 0.272 e. The number of Topliss-reactive ketones (excluding diaryl/α,β-unsaturated/α-hetero) is 1. The Balaban J connectivity index is 1.89. The molecule has 6 nitrogen and oxygen atoms in total.